The minimum Gasteiger partial charge on any atom is -0.316 e. The second kappa shape index (κ2) is 4.82. The highest BCUT2D eigenvalue weighted by Crippen LogP contribution is 2.23. The van der Waals surface area contributed by atoms with Crippen molar-refractivity contribution in [2.75, 3.05) is 13.1 Å². The summed E-state index contributed by atoms with van der Waals surface area (Å²) in [5, 5.41) is 3.23. The van der Waals surface area contributed by atoms with Crippen LogP contribution in [0.5, 0.6) is 0 Å². The molecule has 1 unspecified atom stereocenters. The standard InChI is InChI=1S/C11H15F2N3/c1-7-5-9(10(12)13)16-11(15-7)8-3-2-4-14-6-8/h5,8,10,14H,2-4,6H2,1H3. The van der Waals surface area contributed by atoms with Gasteiger partial charge in [-0.2, -0.15) is 0 Å². The number of piperidine rings is 1. The van der Waals surface area contributed by atoms with Crippen molar-refractivity contribution in [1.29, 1.82) is 0 Å². The van der Waals surface area contributed by atoms with E-state index in [1.54, 1.807) is 6.92 Å². The van der Waals surface area contributed by atoms with Crippen LogP contribution in [0, 0.1) is 6.92 Å². The Balaban J connectivity index is 2.25. The molecule has 1 fully saturated rings. The third-order valence-corrected chi connectivity index (χ3v) is 2.78. The van der Waals surface area contributed by atoms with Gasteiger partial charge in [0.15, 0.2) is 0 Å². The molecule has 1 saturated heterocycles. The van der Waals surface area contributed by atoms with Crippen LogP contribution < -0.4 is 5.32 Å². The summed E-state index contributed by atoms with van der Waals surface area (Å²) in [4.78, 5) is 8.21. The van der Waals surface area contributed by atoms with E-state index >= 15 is 0 Å². The van der Waals surface area contributed by atoms with E-state index in [1.165, 1.54) is 6.07 Å². The number of rotatable bonds is 2. The predicted octanol–water partition coefficient (Wildman–Crippen LogP) is 2.19. The van der Waals surface area contributed by atoms with Gasteiger partial charge >= 0.3 is 0 Å². The molecule has 0 amide bonds. The third kappa shape index (κ3) is 2.52. The molecule has 1 aromatic heterocycles. The molecular formula is C11H15F2N3. The lowest BCUT2D eigenvalue weighted by atomic mass is 9.98. The summed E-state index contributed by atoms with van der Waals surface area (Å²) in [6.07, 6.45) is -0.498. The summed E-state index contributed by atoms with van der Waals surface area (Å²) in [5.41, 5.74) is 0.457. The van der Waals surface area contributed by atoms with E-state index in [0.717, 1.165) is 25.9 Å². The van der Waals surface area contributed by atoms with Crippen LogP contribution in [0.15, 0.2) is 6.07 Å². The monoisotopic (exact) mass is 227 g/mol. The van der Waals surface area contributed by atoms with Crippen molar-refractivity contribution in [2.45, 2.75) is 32.1 Å². The number of alkyl halides is 2. The smallest absolute Gasteiger partial charge is 0.280 e. The fourth-order valence-electron chi connectivity index (χ4n) is 1.98. The van der Waals surface area contributed by atoms with E-state index in [9.17, 15) is 8.78 Å². The minimum absolute atomic E-state index is 0.159. The molecule has 1 aliphatic rings. The topological polar surface area (TPSA) is 37.8 Å². The molecule has 5 heteroatoms. The Morgan fingerprint density at radius 1 is 1.44 bits per heavy atom. The fourth-order valence-corrected chi connectivity index (χ4v) is 1.98. The van der Waals surface area contributed by atoms with Crippen LogP contribution in [0.2, 0.25) is 0 Å². The summed E-state index contributed by atoms with van der Waals surface area (Å²) in [6, 6.07) is 1.35. The molecule has 1 aliphatic heterocycles. The Morgan fingerprint density at radius 2 is 2.25 bits per heavy atom. The van der Waals surface area contributed by atoms with Crippen molar-refractivity contribution >= 4 is 0 Å². The summed E-state index contributed by atoms with van der Waals surface area (Å²) in [6.45, 7) is 3.50. The van der Waals surface area contributed by atoms with Crippen LogP contribution >= 0.6 is 0 Å². The molecule has 16 heavy (non-hydrogen) atoms. The lowest BCUT2D eigenvalue weighted by Crippen LogP contribution is -2.29. The second-order valence-corrected chi connectivity index (χ2v) is 4.14. The molecule has 0 radical (unpaired) electrons. The first kappa shape index (κ1) is 11.4. The maximum Gasteiger partial charge on any atom is 0.280 e. The predicted molar refractivity (Wildman–Crippen MR) is 56.6 cm³/mol. The third-order valence-electron chi connectivity index (χ3n) is 2.78. The molecule has 0 spiro atoms. The quantitative estimate of drug-likeness (QED) is 0.841. The van der Waals surface area contributed by atoms with Crippen molar-refractivity contribution in [2.24, 2.45) is 0 Å². The van der Waals surface area contributed by atoms with E-state index in [0.29, 0.717) is 11.5 Å². The van der Waals surface area contributed by atoms with E-state index in [2.05, 4.69) is 15.3 Å². The van der Waals surface area contributed by atoms with Gasteiger partial charge in [-0.25, -0.2) is 18.7 Å². The molecule has 1 N–H and O–H groups in total. The minimum atomic E-state index is -2.52. The van der Waals surface area contributed by atoms with Crippen LogP contribution in [0.25, 0.3) is 0 Å². The highest BCUT2D eigenvalue weighted by molar-refractivity contribution is 5.13. The molecule has 1 aromatic rings. The SMILES string of the molecule is Cc1cc(C(F)F)nc(C2CCCNC2)n1. The first-order valence-electron chi connectivity index (χ1n) is 5.51. The van der Waals surface area contributed by atoms with Gasteiger partial charge in [-0.05, 0) is 32.4 Å². The molecule has 2 heterocycles. The van der Waals surface area contributed by atoms with Crippen molar-refractivity contribution in [3.8, 4) is 0 Å². The Kier molecular flexibility index (Phi) is 3.43. The molecular weight excluding hydrogens is 212 g/mol. The average molecular weight is 227 g/mol. The Hall–Kier alpha value is -1.10. The summed E-state index contributed by atoms with van der Waals surface area (Å²) in [5.74, 6) is 0.730. The molecule has 0 bridgehead atoms. The Bertz CT molecular complexity index is 362. The van der Waals surface area contributed by atoms with E-state index in [-0.39, 0.29) is 11.6 Å². The molecule has 1 atom stereocenters. The molecule has 0 saturated carbocycles. The maximum atomic E-state index is 12.6. The molecule has 0 aromatic carbocycles. The fraction of sp³-hybridized carbons (Fsp3) is 0.636. The number of nitrogens with one attached hydrogen (secondary N) is 1. The zero-order valence-corrected chi connectivity index (χ0v) is 9.21. The van der Waals surface area contributed by atoms with Gasteiger partial charge in [0, 0.05) is 18.2 Å². The molecule has 0 aliphatic carbocycles. The highest BCUT2D eigenvalue weighted by atomic mass is 19.3. The van der Waals surface area contributed by atoms with Gasteiger partial charge in [-0.3, -0.25) is 0 Å². The van der Waals surface area contributed by atoms with Gasteiger partial charge in [0.1, 0.15) is 11.5 Å². The summed E-state index contributed by atoms with van der Waals surface area (Å²) in [7, 11) is 0. The van der Waals surface area contributed by atoms with E-state index in [4.69, 9.17) is 0 Å². The van der Waals surface area contributed by atoms with Crippen molar-refractivity contribution in [3.05, 3.63) is 23.3 Å². The van der Waals surface area contributed by atoms with Gasteiger partial charge in [0.05, 0.1) is 0 Å². The number of hydrogen-bond acceptors (Lipinski definition) is 3. The summed E-state index contributed by atoms with van der Waals surface area (Å²) < 4.78 is 25.2. The normalized spacial score (nSPS) is 21.4. The second-order valence-electron chi connectivity index (χ2n) is 4.14. The first-order valence-corrected chi connectivity index (χ1v) is 5.51. The Labute approximate surface area is 93.3 Å². The zero-order chi connectivity index (χ0) is 11.5. The van der Waals surface area contributed by atoms with Crippen LogP contribution in [0.3, 0.4) is 0 Å². The largest absolute Gasteiger partial charge is 0.316 e. The maximum absolute atomic E-state index is 12.6. The van der Waals surface area contributed by atoms with E-state index < -0.39 is 6.43 Å². The van der Waals surface area contributed by atoms with Crippen LogP contribution in [-0.2, 0) is 0 Å². The number of nitrogens with zero attached hydrogens (tertiary/aromatic N) is 2. The first-order chi connectivity index (χ1) is 7.66. The molecule has 3 nitrogen and oxygen atoms in total. The molecule has 2 rings (SSSR count). The lowest BCUT2D eigenvalue weighted by molar-refractivity contribution is 0.145. The highest BCUT2D eigenvalue weighted by Gasteiger charge is 2.20. The van der Waals surface area contributed by atoms with Crippen molar-refractivity contribution < 1.29 is 8.78 Å². The van der Waals surface area contributed by atoms with Gasteiger partial charge in [-0.1, -0.05) is 0 Å². The van der Waals surface area contributed by atoms with E-state index in [1.807, 2.05) is 0 Å². The zero-order valence-electron chi connectivity index (χ0n) is 9.21. The lowest BCUT2D eigenvalue weighted by Gasteiger charge is -2.22. The van der Waals surface area contributed by atoms with Crippen molar-refractivity contribution in [3.63, 3.8) is 0 Å². The average Bonchev–Trinajstić information content (AvgIpc) is 2.29. The Morgan fingerprint density at radius 3 is 2.88 bits per heavy atom. The van der Waals surface area contributed by atoms with Gasteiger partial charge in [0.2, 0.25) is 0 Å². The van der Waals surface area contributed by atoms with Crippen molar-refractivity contribution in [1.82, 2.24) is 15.3 Å². The van der Waals surface area contributed by atoms with Gasteiger partial charge in [-0.15, -0.1) is 0 Å². The number of hydrogen-bond donors (Lipinski definition) is 1. The number of aryl methyl sites for hydroxylation is 1. The van der Waals surface area contributed by atoms with Crippen LogP contribution in [0.1, 0.15) is 42.4 Å². The van der Waals surface area contributed by atoms with Gasteiger partial charge < -0.3 is 5.32 Å². The molecule has 88 valence electrons. The van der Waals surface area contributed by atoms with Gasteiger partial charge in [0.25, 0.3) is 6.43 Å². The van der Waals surface area contributed by atoms with Crippen LogP contribution in [-0.4, -0.2) is 23.1 Å². The summed E-state index contributed by atoms with van der Waals surface area (Å²) >= 11 is 0. The number of halogens is 2. The number of aromatic nitrogens is 2. The van der Waals surface area contributed by atoms with Crippen LogP contribution in [0.4, 0.5) is 8.78 Å².